The number of carbonyl (C=O) groups excluding carboxylic acids is 2. The lowest BCUT2D eigenvalue weighted by molar-refractivity contribution is -0.112. The minimum Gasteiger partial charge on any atom is -0.339 e. The molecule has 5 heteroatoms. The highest BCUT2D eigenvalue weighted by Gasteiger charge is 2.21. The lowest BCUT2D eigenvalue weighted by Crippen LogP contribution is -2.35. The van der Waals surface area contributed by atoms with Crippen molar-refractivity contribution in [1.29, 1.82) is 0 Å². The van der Waals surface area contributed by atoms with Gasteiger partial charge in [0, 0.05) is 23.5 Å². The van der Waals surface area contributed by atoms with Crippen LogP contribution >= 0.6 is 11.8 Å². The number of hydrogen-bond donors (Lipinski definition) is 1. The third kappa shape index (κ3) is 3.53. The highest BCUT2D eigenvalue weighted by Crippen LogP contribution is 2.38. The van der Waals surface area contributed by atoms with Crippen molar-refractivity contribution in [3.63, 3.8) is 0 Å². The number of nitrogens with zero attached hydrogens (tertiary/aromatic N) is 1. The third-order valence-corrected chi connectivity index (χ3v) is 5.78. The van der Waals surface area contributed by atoms with Gasteiger partial charge in [0.25, 0.3) is 11.8 Å². The van der Waals surface area contributed by atoms with Gasteiger partial charge in [0.05, 0.1) is 10.6 Å². The minimum absolute atomic E-state index is 0.0952. The Morgan fingerprint density at radius 2 is 1.73 bits per heavy atom. The van der Waals surface area contributed by atoms with Gasteiger partial charge in [-0.15, -0.1) is 0 Å². The predicted molar refractivity (Wildman–Crippen MR) is 105 cm³/mol. The molecule has 4 rings (SSSR count). The number of benzene rings is 2. The third-order valence-electron chi connectivity index (χ3n) is 4.68. The first-order valence-corrected chi connectivity index (χ1v) is 9.72. The second kappa shape index (κ2) is 7.38. The Labute approximate surface area is 157 Å². The highest BCUT2D eigenvalue weighted by molar-refractivity contribution is 8.04. The lowest BCUT2D eigenvalue weighted by atomic mass is 10.1. The molecule has 2 amide bonds. The van der Waals surface area contributed by atoms with Crippen LogP contribution in [0.4, 0.5) is 5.69 Å². The van der Waals surface area contributed by atoms with E-state index in [-0.39, 0.29) is 11.8 Å². The van der Waals surface area contributed by atoms with Crippen LogP contribution in [0.5, 0.6) is 0 Å². The van der Waals surface area contributed by atoms with E-state index >= 15 is 0 Å². The summed E-state index contributed by atoms with van der Waals surface area (Å²) in [6.45, 7) is 1.70. The Kier molecular flexibility index (Phi) is 4.80. The first-order chi connectivity index (χ1) is 12.7. The zero-order valence-corrected chi connectivity index (χ0v) is 15.2. The number of para-hydroxylation sites is 1. The number of rotatable bonds is 2. The molecule has 1 N–H and O–H groups in total. The summed E-state index contributed by atoms with van der Waals surface area (Å²) in [5.41, 5.74) is 2.47. The molecule has 4 nitrogen and oxygen atoms in total. The van der Waals surface area contributed by atoms with Crippen molar-refractivity contribution in [2.24, 2.45) is 0 Å². The molecule has 0 spiro atoms. The molecular weight excluding hydrogens is 344 g/mol. The molecule has 0 bridgehead atoms. The molecule has 0 saturated carbocycles. The molecule has 1 fully saturated rings. The maximum absolute atomic E-state index is 12.5. The Bertz CT molecular complexity index is 868. The largest absolute Gasteiger partial charge is 0.339 e. The monoisotopic (exact) mass is 364 g/mol. The van der Waals surface area contributed by atoms with Gasteiger partial charge in [-0.2, -0.15) is 0 Å². The van der Waals surface area contributed by atoms with Gasteiger partial charge >= 0.3 is 0 Å². The standard InChI is InChI=1S/C21H20N2O2S/c24-20-19(26-18-7-3-2-6-17(18)22-20)14-15-8-10-16(11-9-15)21(25)23-12-4-1-5-13-23/h2-3,6-11,14H,1,4-5,12-13H2,(H,22,24)/b19-14+. The second-order valence-corrected chi connectivity index (χ2v) is 7.62. The topological polar surface area (TPSA) is 49.4 Å². The maximum atomic E-state index is 12.5. The van der Waals surface area contributed by atoms with Crippen LogP contribution in [0.1, 0.15) is 35.2 Å². The second-order valence-electron chi connectivity index (χ2n) is 6.54. The molecule has 0 atom stereocenters. The van der Waals surface area contributed by atoms with Gasteiger partial charge in [-0.3, -0.25) is 9.59 Å². The average Bonchev–Trinajstić information content (AvgIpc) is 2.69. The fraction of sp³-hybridized carbons (Fsp3) is 0.238. The molecule has 2 aliphatic heterocycles. The van der Waals surface area contributed by atoms with Gasteiger partial charge in [0.2, 0.25) is 0 Å². The molecule has 26 heavy (non-hydrogen) atoms. The lowest BCUT2D eigenvalue weighted by Gasteiger charge is -2.26. The number of thioether (sulfide) groups is 1. The number of amides is 2. The molecule has 0 unspecified atom stereocenters. The van der Waals surface area contributed by atoms with Crippen molar-refractivity contribution in [1.82, 2.24) is 4.90 Å². The predicted octanol–water partition coefficient (Wildman–Crippen LogP) is 4.40. The van der Waals surface area contributed by atoms with E-state index in [0.29, 0.717) is 10.5 Å². The first-order valence-electron chi connectivity index (χ1n) is 8.90. The fourth-order valence-electron chi connectivity index (χ4n) is 3.26. The molecular formula is C21H20N2O2S. The van der Waals surface area contributed by atoms with Crippen LogP contribution in [-0.2, 0) is 4.79 Å². The smallest absolute Gasteiger partial charge is 0.262 e. The van der Waals surface area contributed by atoms with Crippen LogP contribution in [0.15, 0.2) is 58.3 Å². The Balaban J connectivity index is 1.51. The van der Waals surface area contributed by atoms with E-state index in [9.17, 15) is 9.59 Å². The van der Waals surface area contributed by atoms with Crippen LogP contribution in [0.3, 0.4) is 0 Å². The van der Waals surface area contributed by atoms with E-state index in [1.807, 2.05) is 59.5 Å². The molecule has 2 heterocycles. The van der Waals surface area contributed by atoms with E-state index in [1.165, 1.54) is 18.2 Å². The molecule has 0 radical (unpaired) electrons. The number of fused-ring (bicyclic) bond motifs is 1. The Hall–Kier alpha value is -2.53. The van der Waals surface area contributed by atoms with Crippen LogP contribution in [0.25, 0.3) is 6.08 Å². The zero-order chi connectivity index (χ0) is 17.9. The summed E-state index contributed by atoms with van der Waals surface area (Å²) in [4.78, 5) is 28.4. The summed E-state index contributed by atoms with van der Waals surface area (Å²) in [6.07, 6.45) is 5.25. The van der Waals surface area contributed by atoms with Crippen LogP contribution < -0.4 is 5.32 Å². The van der Waals surface area contributed by atoms with Gasteiger partial charge in [-0.25, -0.2) is 0 Å². The summed E-state index contributed by atoms with van der Waals surface area (Å²) in [7, 11) is 0. The molecule has 132 valence electrons. The van der Waals surface area contributed by atoms with Crippen molar-refractivity contribution in [3.8, 4) is 0 Å². The van der Waals surface area contributed by atoms with Crippen molar-refractivity contribution >= 4 is 35.3 Å². The van der Waals surface area contributed by atoms with Gasteiger partial charge in [-0.05, 0) is 55.2 Å². The Morgan fingerprint density at radius 1 is 1.00 bits per heavy atom. The van der Waals surface area contributed by atoms with Crippen molar-refractivity contribution in [3.05, 3.63) is 64.6 Å². The van der Waals surface area contributed by atoms with E-state index in [4.69, 9.17) is 0 Å². The molecule has 2 aromatic rings. The van der Waals surface area contributed by atoms with Crippen LogP contribution in [0.2, 0.25) is 0 Å². The van der Waals surface area contributed by atoms with Crippen molar-refractivity contribution in [2.75, 3.05) is 18.4 Å². The normalized spacial score (nSPS) is 18.4. The van der Waals surface area contributed by atoms with Gasteiger partial charge in [0.15, 0.2) is 0 Å². The van der Waals surface area contributed by atoms with Crippen molar-refractivity contribution < 1.29 is 9.59 Å². The minimum atomic E-state index is -0.0952. The van der Waals surface area contributed by atoms with E-state index in [1.54, 1.807) is 0 Å². The number of anilines is 1. The SMILES string of the molecule is O=C1Nc2ccccc2S/C1=C/c1ccc(C(=O)N2CCCCC2)cc1. The van der Waals surface area contributed by atoms with Crippen molar-refractivity contribution in [2.45, 2.75) is 24.2 Å². The van der Waals surface area contributed by atoms with Gasteiger partial charge in [0.1, 0.15) is 0 Å². The summed E-state index contributed by atoms with van der Waals surface area (Å²) in [5.74, 6) is 0.00443. The number of hydrogen-bond acceptors (Lipinski definition) is 3. The number of nitrogens with one attached hydrogen (secondary N) is 1. The summed E-state index contributed by atoms with van der Waals surface area (Å²) >= 11 is 1.47. The van der Waals surface area contributed by atoms with E-state index in [0.717, 1.165) is 42.1 Å². The van der Waals surface area contributed by atoms with Crippen LogP contribution in [-0.4, -0.2) is 29.8 Å². The zero-order valence-electron chi connectivity index (χ0n) is 14.4. The van der Waals surface area contributed by atoms with Gasteiger partial charge < -0.3 is 10.2 Å². The van der Waals surface area contributed by atoms with Gasteiger partial charge in [-0.1, -0.05) is 36.0 Å². The molecule has 1 saturated heterocycles. The molecule has 2 aromatic carbocycles. The number of carbonyl (C=O) groups is 2. The van der Waals surface area contributed by atoms with Crippen LogP contribution in [0, 0.1) is 0 Å². The Morgan fingerprint density at radius 3 is 2.50 bits per heavy atom. The molecule has 0 aliphatic carbocycles. The quantitative estimate of drug-likeness (QED) is 0.804. The summed E-state index contributed by atoms with van der Waals surface area (Å²) in [5, 5.41) is 2.91. The first kappa shape index (κ1) is 16.9. The van der Waals surface area contributed by atoms with E-state index < -0.39 is 0 Å². The molecule has 0 aromatic heterocycles. The average molecular weight is 364 g/mol. The number of piperidine rings is 1. The number of likely N-dealkylation sites (tertiary alicyclic amines) is 1. The fourth-order valence-corrected chi connectivity index (χ4v) is 4.21. The molecule has 2 aliphatic rings. The summed E-state index contributed by atoms with van der Waals surface area (Å²) < 4.78 is 0. The highest BCUT2D eigenvalue weighted by atomic mass is 32.2. The maximum Gasteiger partial charge on any atom is 0.262 e. The van der Waals surface area contributed by atoms with E-state index in [2.05, 4.69) is 5.32 Å². The summed E-state index contributed by atoms with van der Waals surface area (Å²) in [6, 6.07) is 15.3.